The summed E-state index contributed by atoms with van der Waals surface area (Å²) >= 11 is 0. The van der Waals surface area contributed by atoms with Crippen molar-refractivity contribution < 1.29 is 0 Å². The van der Waals surface area contributed by atoms with E-state index in [2.05, 4.69) is 21.9 Å². The number of rotatable bonds is 4. The van der Waals surface area contributed by atoms with Gasteiger partial charge in [-0.2, -0.15) is 0 Å². The molecule has 0 fully saturated rings. The molecule has 2 aromatic heterocycles. The third kappa shape index (κ3) is 3.53. The monoisotopic (exact) mass is 228 g/mol. The lowest BCUT2D eigenvalue weighted by Crippen LogP contribution is -2.18. The molecule has 0 saturated heterocycles. The molecule has 0 bridgehead atoms. The molecule has 0 amide bonds. The summed E-state index contributed by atoms with van der Waals surface area (Å²) in [6, 6.07) is 7.74. The summed E-state index contributed by atoms with van der Waals surface area (Å²) in [5.41, 5.74) is 8.71. The molecule has 2 rings (SSSR count). The van der Waals surface area contributed by atoms with Gasteiger partial charge in [0.05, 0.1) is 5.69 Å². The standard InChI is InChI=1S/C13H16N4/c1-17(9-11-2-5-15-6-3-11)10-13-8-12(14)4-7-16-13/h2-8H,9-10H2,1H3,(H2,14,16). The second-order valence-corrected chi connectivity index (χ2v) is 4.11. The van der Waals surface area contributed by atoms with Gasteiger partial charge in [0.1, 0.15) is 0 Å². The van der Waals surface area contributed by atoms with Crippen LogP contribution in [0.3, 0.4) is 0 Å². The molecule has 2 aromatic rings. The molecule has 2 N–H and O–H groups in total. The lowest BCUT2D eigenvalue weighted by atomic mass is 10.2. The van der Waals surface area contributed by atoms with Gasteiger partial charge in [0.2, 0.25) is 0 Å². The molecule has 0 saturated carbocycles. The van der Waals surface area contributed by atoms with Crippen LogP contribution < -0.4 is 5.73 Å². The summed E-state index contributed by atoms with van der Waals surface area (Å²) in [4.78, 5) is 10.5. The molecular formula is C13H16N4. The molecule has 0 radical (unpaired) electrons. The van der Waals surface area contributed by atoms with Crippen molar-refractivity contribution in [3.63, 3.8) is 0 Å². The highest BCUT2D eigenvalue weighted by Crippen LogP contribution is 2.08. The first-order chi connectivity index (χ1) is 8.24. The lowest BCUT2D eigenvalue weighted by Gasteiger charge is -2.16. The fraction of sp³-hybridized carbons (Fsp3) is 0.231. The summed E-state index contributed by atoms with van der Waals surface area (Å²) in [6.07, 6.45) is 5.36. The van der Waals surface area contributed by atoms with Gasteiger partial charge in [0.25, 0.3) is 0 Å². The molecule has 0 aliphatic heterocycles. The summed E-state index contributed by atoms with van der Waals surface area (Å²) in [5, 5.41) is 0. The van der Waals surface area contributed by atoms with E-state index < -0.39 is 0 Å². The number of hydrogen-bond acceptors (Lipinski definition) is 4. The van der Waals surface area contributed by atoms with Crippen molar-refractivity contribution in [3.8, 4) is 0 Å². The van der Waals surface area contributed by atoms with E-state index in [9.17, 15) is 0 Å². The number of nitrogen functional groups attached to an aromatic ring is 1. The topological polar surface area (TPSA) is 55.0 Å². The van der Waals surface area contributed by atoms with E-state index in [0.717, 1.165) is 24.5 Å². The fourth-order valence-corrected chi connectivity index (χ4v) is 1.72. The maximum Gasteiger partial charge on any atom is 0.0564 e. The Balaban J connectivity index is 1.96. The number of hydrogen-bond donors (Lipinski definition) is 1. The molecule has 0 aromatic carbocycles. The molecule has 4 heteroatoms. The quantitative estimate of drug-likeness (QED) is 0.865. The van der Waals surface area contributed by atoms with Crippen molar-refractivity contribution in [3.05, 3.63) is 54.1 Å². The number of anilines is 1. The van der Waals surface area contributed by atoms with Gasteiger partial charge < -0.3 is 5.73 Å². The van der Waals surface area contributed by atoms with E-state index in [4.69, 9.17) is 5.73 Å². The van der Waals surface area contributed by atoms with Crippen molar-refractivity contribution in [2.75, 3.05) is 12.8 Å². The third-order valence-corrected chi connectivity index (χ3v) is 2.47. The van der Waals surface area contributed by atoms with Gasteiger partial charge in [0, 0.05) is 37.4 Å². The van der Waals surface area contributed by atoms with Crippen LogP contribution in [0.1, 0.15) is 11.3 Å². The third-order valence-electron chi connectivity index (χ3n) is 2.47. The zero-order valence-corrected chi connectivity index (χ0v) is 9.87. The zero-order valence-electron chi connectivity index (χ0n) is 9.87. The van der Waals surface area contributed by atoms with Crippen LogP contribution in [0, 0.1) is 0 Å². The average Bonchev–Trinajstić information content (AvgIpc) is 2.30. The first kappa shape index (κ1) is 11.5. The van der Waals surface area contributed by atoms with Crippen molar-refractivity contribution in [1.82, 2.24) is 14.9 Å². The minimum atomic E-state index is 0.757. The molecule has 0 aliphatic rings. The number of pyridine rings is 2. The molecule has 0 spiro atoms. The lowest BCUT2D eigenvalue weighted by molar-refractivity contribution is 0.315. The first-order valence-electron chi connectivity index (χ1n) is 5.52. The number of aromatic nitrogens is 2. The van der Waals surface area contributed by atoms with E-state index in [0.29, 0.717) is 0 Å². The summed E-state index contributed by atoms with van der Waals surface area (Å²) in [7, 11) is 2.06. The second-order valence-electron chi connectivity index (χ2n) is 4.11. The van der Waals surface area contributed by atoms with Crippen LogP contribution in [0.25, 0.3) is 0 Å². The normalized spacial score (nSPS) is 10.7. The zero-order chi connectivity index (χ0) is 12.1. The smallest absolute Gasteiger partial charge is 0.0564 e. The molecule has 4 nitrogen and oxygen atoms in total. The molecule has 2 heterocycles. The van der Waals surface area contributed by atoms with Crippen LogP contribution in [0.5, 0.6) is 0 Å². The Hall–Kier alpha value is -1.94. The Kier molecular flexibility index (Phi) is 3.67. The van der Waals surface area contributed by atoms with Crippen molar-refractivity contribution in [2.45, 2.75) is 13.1 Å². The molecule has 17 heavy (non-hydrogen) atoms. The minimum absolute atomic E-state index is 0.757. The van der Waals surface area contributed by atoms with Gasteiger partial charge in [-0.15, -0.1) is 0 Å². The van der Waals surface area contributed by atoms with Gasteiger partial charge >= 0.3 is 0 Å². The van der Waals surface area contributed by atoms with E-state index in [1.54, 1.807) is 12.3 Å². The van der Waals surface area contributed by atoms with Crippen LogP contribution in [0.2, 0.25) is 0 Å². The Morgan fingerprint density at radius 3 is 2.59 bits per heavy atom. The highest BCUT2D eigenvalue weighted by atomic mass is 15.1. The van der Waals surface area contributed by atoms with E-state index >= 15 is 0 Å². The highest BCUT2D eigenvalue weighted by Gasteiger charge is 2.02. The van der Waals surface area contributed by atoms with Crippen LogP contribution in [0.15, 0.2) is 42.9 Å². The van der Waals surface area contributed by atoms with Crippen molar-refractivity contribution in [2.24, 2.45) is 0 Å². The van der Waals surface area contributed by atoms with Gasteiger partial charge in [-0.05, 0) is 36.9 Å². The van der Waals surface area contributed by atoms with Crippen molar-refractivity contribution >= 4 is 5.69 Å². The predicted molar refractivity (Wildman–Crippen MR) is 68.1 cm³/mol. The predicted octanol–water partition coefficient (Wildman–Crippen LogP) is 1.69. The largest absolute Gasteiger partial charge is 0.399 e. The van der Waals surface area contributed by atoms with Crippen LogP contribution >= 0.6 is 0 Å². The fourth-order valence-electron chi connectivity index (χ4n) is 1.72. The van der Waals surface area contributed by atoms with Gasteiger partial charge in [-0.25, -0.2) is 0 Å². The molecule has 0 unspecified atom stereocenters. The van der Waals surface area contributed by atoms with Gasteiger partial charge in [0.15, 0.2) is 0 Å². The Bertz CT molecular complexity index is 470. The van der Waals surface area contributed by atoms with Crippen LogP contribution in [-0.4, -0.2) is 21.9 Å². The molecular weight excluding hydrogens is 212 g/mol. The SMILES string of the molecule is CN(Cc1ccncc1)Cc1cc(N)ccn1. The van der Waals surface area contributed by atoms with Crippen molar-refractivity contribution in [1.29, 1.82) is 0 Å². The number of nitrogens with two attached hydrogens (primary N) is 1. The van der Waals surface area contributed by atoms with Crippen LogP contribution in [0.4, 0.5) is 5.69 Å². The average molecular weight is 228 g/mol. The summed E-state index contributed by atoms with van der Waals surface area (Å²) in [5.74, 6) is 0. The maximum absolute atomic E-state index is 5.72. The second kappa shape index (κ2) is 5.41. The van der Waals surface area contributed by atoms with E-state index in [1.807, 2.05) is 30.6 Å². The van der Waals surface area contributed by atoms with Gasteiger partial charge in [-0.3, -0.25) is 14.9 Å². The molecule has 0 aliphatic carbocycles. The van der Waals surface area contributed by atoms with Crippen LogP contribution in [-0.2, 0) is 13.1 Å². The maximum atomic E-state index is 5.72. The van der Waals surface area contributed by atoms with Gasteiger partial charge in [-0.1, -0.05) is 0 Å². The molecule has 0 atom stereocenters. The minimum Gasteiger partial charge on any atom is -0.399 e. The Morgan fingerprint density at radius 1 is 1.12 bits per heavy atom. The number of nitrogens with zero attached hydrogens (tertiary/aromatic N) is 3. The Morgan fingerprint density at radius 2 is 1.88 bits per heavy atom. The summed E-state index contributed by atoms with van der Waals surface area (Å²) < 4.78 is 0. The summed E-state index contributed by atoms with van der Waals surface area (Å²) in [6.45, 7) is 1.66. The highest BCUT2D eigenvalue weighted by molar-refractivity contribution is 5.37. The van der Waals surface area contributed by atoms with E-state index in [-0.39, 0.29) is 0 Å². The van der Waals surface area contributed by atoms with E-state index in [1.165, 1.54) is 5.56 Å². The Labute approximate surface area is 101 Å². The first-order valence-corrected chi connectivity index (χ1v) is 5.52. The molecule has 88 valence electrons.